The molecule has 0 aromatic heterocycles. The molecule has 2 atom stereocenters. The molecule has 0 spiro atoms. The van der Waals surface area contributed by atoms with E-state index < -0.39 is 6.10 Å². The first kappa shape index (κ1) is 15.6. The highest BCUT2D eigenvalue weighted by Crippen LogP contribution is 2.31. The van der Waals surface area contributed by atoms with E-state index >= 15 is 0 Å². The Morgan fingerprint density at radius 2 is 2.17 bits per heavy atom. The third kappa shape index (κ3) is 3.53. The van der Waals surface area contributed by atoms with Crippen molar-refractivity contribution in [3.8, 4) is 0 Å². The van der Waals surface area contributed by atoms with Crippen LogP contribution in [0.3, 0.4) is 0 Å². The van der Waals surface area contributed by atoms with Gasteiger partial charge in [0.15, 0.2) is 0 Å². The summed E-state index contributed by atoms with van der Waals surface area (Å²) in [5.41, 5.74) is 1.98. The van der Waals surface area contributed by atoms with Crippen LogP contribution < -0.4 is 4.90 Å². The number of aliphatic hydroxyl groups is 1. The molecule has 4 heteroatoms. The molecule has 0 bridgehead atoms. The maximum absolute atomic E-state index is 9.52. The van der Waals surface area contributed by atoms with Gasteiger partial charge < -0.3 is 10.0 Å². The summed E-state index contributed by atoms with van der Waals surface area (Å²) in [6.45, 7) is 6.20. The summed E-state index contributed by atoms with van der Waals surface area (Å²) in [4.78, 5) is 2.35. The monoisotopic (exact) mass is 289 g/mol. The minimum atomic E-state index is -0.457. The zero-order valence-electron chi connectivity index (χ0n) is 10.9. The summed E-state index contributed by atoms with van der Waals surface area (Å²) in [5.74, 6) is 0.733. The summed E-state index contributed by atoms with van der Waals surface area (Å²) < 4.78 is 0. The van der Waals surface area contributed by atoms with Crippen LogP contribution in [-0.2, 0) is 0 Å². The molecule has 1 aliphatic heterocycles. The molecule has 1 N–H and O–H groups in total. The number of hydrogen-bond donors (Lipinski definition) is 1. The number of piperidine rings is 1. The second-order valence-corrected chi connectivity index (χ2v) is 5.49. The van der Waals surface area contributed by atoms with Crippen molar-refractivity contribution >= 4 is 29.7 Å². The van der Waals surface area contributed by atoms with Crippen LogP contribution in [0.5, 0.6) is 0 Å². The lowest BCUT2D eigenvalue weighted by molar-refractivity contribution is 0.199. The van der Waals surface area contributed by atoms with E-state index in [0.717, 1.165) is 35.3 Å². The average molecular weight is 290 g/mol. The first-order chi connectivity index (χ1) is 8.08. The fourth-order valence-electron chi connectivity index (χ4n) is 2.45. The fourth-order valence-corrected chi connectivity index (χ4v) is 2.76. The summed E-state index contributed by atoms with van der Waals surface area (Å²) >= 11 is 6.30. The molecule has 0 radical (unpaired) electrons. The van der Waals surface area contributed by atoms with Gasteiger partial charge in [-0.2, -0.15) is 0 Å². The van der Waals surface area contributed by atoms with Gasteiger partial charge in [-0.1, -0.05) is 24.6 Å². The molecule has 1 heterocycles. The van der Waals surface area contributed by atoms with Gasteiger partial charge in [-0.3, -0.25) is 0 Å². The molecular weight excluding hydrogens is 269 g/mol. The Hall–Kier alpha value is -0.440. The maximum atomic E-state index is 9.52. The van der Waals surface area contributed by atoms with Crippen molar-refractivity contribution in [2.75, 3.05) is 18.0 Å². The second-order valence-electron chi connectivity index (χ2n) is 5.08. The van der Waals surface area contributed by atoms with Crippen LogP contribution in [0.15, 0.2) is 18.2 Å². The van der Waals surface area contributed by atoms with Gasteiger partial charge in [0.05, 0.1) is 16.8 Å². The summed E-state index contributed by atoms with van der Waals surface area (Å²) in [6, 6.07) is 5.87. The normalized spacial score (nSPS) is 21.3. The highest BCUT2D eigenvalue weighted by Gasteiger charge is 2.18. The average Bonchev–Trinajstić information content (AvgIpc) is 2.28. The van der Waals surface area contributed by atoms with E-state index in [1.807, 2.05) is 18.2 Å². The van der Waals surface area contributed by atoms with Gasteiger partial charge >= 0.3 is 0 Å². The van der Waals surface area contributed by atoms with Gasteiger partial charge in [0.25, 0.3) is 0 Å². The highest BCUT2D eigenvalue weighted by molar-refractivity contribution is 6.33. The number of aliphatic hydroxyl groups excluding tert-OH is 1. The number of hydrogen-bond acceptors (Lipinski definition) is 2. The van der Waals surface area contributed by atoms with Crippen molar-refractivity contribution in [1.82, 2.24) is 0 Å². The Kier molecular flexibility index (Phi) is 5.77. The van der Waals surface area contributed by atoms with E-state index in [2.05, 4.69) is 11.8 Å². The lowest BCUT2D eigenvalue weighted by Gasteiger charge is -2.33. The number of anilines is 1. The molecule has 0 amide bonds. The van der Waals surface area contributed by atoms with Crippen molar-refractivity contribution in [1.29, 1.82) is 0 Å². The Labute approximate surface area is 120 Å². The standard InChI is InChI=1S/C14H20ClNO.ClH/c1-10-4-3-7-16(9-10)14-6-5-12(11(2)17)8-13(14)15;/h5-6,8,10-11,17H,3-4,7,9H2,1-2H3;1H. The van der Waals surface area contributed by atoms with Gasteiger partial charge in [0.2, 0.25) is 0 Å². The summed E-state index contributed by atoms with van der Waals surface area (Å²) in [7, 11) is 0. The first-order valence-electron chi connectivity index (χ1n) is 6.30. The first-order valence-corrected chi connectivity index (χ1v) is 6.68. The largest absolute Gasteiger partial charge is 0.389 e. The topological polar surface area (TPSA) is 23.5 Å². The molecule has 0 saturated carbocycles. The predicted molar refractivity (Wildman–Crippen MR) is 79.9 cm³/mol. The van der Waals surface area contributed by atoms with E-state index in [1.54, 1.807) is 6.92 Å². The van der Waals surface area contributed by atoms with Gasteiger partial charge in [-0.25, -0.2) is 0 Å². The molecule has 1 saturated heterocycles. The molecule has 1 aromatic carbocycles. The molecule has 102 valence electrons. The molecule has 1 fully saturated rings. The van der Waals surface area contributed by atoms with Gasteiger partial charge in [-0.05, 0) is 43.4 Å². The molecule has 2 rings (SSSR count). The molecule has 2 nitrogen and oxygen atoms in total. The van der Waals surface area contributed by atoms with E-state index in [-0.39, 0.29) is 12.4 Å². The van der Waals surface area contributed by atoms with Crippen molar-refractivity contribution < 1.29 is 5.11 Å². The summed E-state index contributed by atoms with van der Waals surface area (Å²) in [6.07, 6.45) is 2.08. The summed E-state index contributed by atoms with van der Waals surface area (Å²) in [5, 5.41) is 10.3. The second kappa shape index (κ2) is 6.65. The molecule has 1 aromatic rings. The number of benzene rings is 1. The smallest absolute Gasteiger partial charge is 0.0762 e. The van der Waals surface area contributed by atoms with Crippen molar-refractivity contribution in [3.63, 3.8) is 0 Å². The van der Waals surface area contributed by atoms with Crippen LogP contribution in [0.2, 0.25) is 5.02 Å². The Bertz CT molecular complexity index is 395. The Morgan fingerprint density at radius 1 is 1.44 bits per heavy atom. The maximum Gasteiger partial charge on any atom is 0.0762 e. The number of halogens is 2. The van der Waals surface area contributed by atoms with Crippen LogP contribution in [0.1, 0.15) is 38.4 Å². The lowest BCUT2D eigenvalue weighted by atomic mass is 9.99. The zero-order chi connectivity index (χ0) is 12.4. The van der Waals surface area contributed by atoms with Crippen LogP contribution in [-0.4, -0.2) is 18.2 Å². The molecule has 0 aliphatic carbocycles. The quantitative estimate of drug-likeness (QED) is 0.888. The van der Waals surface area contributed by atoms with E-state index in [9.17, 15) is 5.11 Å². The van der Waals surface area contributed by atoms with Crippen LogP contribution >= 0.6 is 24.0 Å². The fraction of sp³-hybridized carbons (Fsp3) is 0.571. The van der Waals surface area contributed by atoms with E-state index in [1.165, 1.54) is 12.8 Å². The lowest BCUT2D eigenvalue weighted by Crippen LogP contribution is -2.34. The minimum Gasteiger partial charge on any atom is -0.389 e. The molecular formula is C14H21Cl2NO. The zero-order valence-corrected chi connectivity index (χ0v) is 12.5. The predicted octanol–water partition coefficient (Wildman–Crippen LogP) is 4.05. The third-order valence-electron chi connectivity index (χ3n) is 3.45. The minimum absolute atomic E-state index is 0. The van der Waals surface area contributed by atoms with Crippen LogP contribution in [0.4, 0.5) is 5.69 Å². The van der Waals surface area contributed by atoms with Crippen LogP contribution in [0.25, 0.3) is 0 Å². The Balaban J connectivity index is 0.00000162. The van der Waals surface area contributed by atoms with E-state index in [0.29, 0.717) is 0 Å². The van der Waals surface area contributed by atoms with Gasteiger partial charge in [0.1, 0.15) is 0 Å². The van der Waals surface area contributed by atoms with Gasteiger partial charge in [0, 0.05) is 13.1 Å². The molecule has 2 unspecified atom stereocenters. The number of nitrogens with zero attached hydrogens (tertiary/aromatic N) is 1. The highest BCUT2D eigenvalue weighted by atomic mass is 35.5. The van der Waals surface area contributed by atoms with E-state index in [4.69, 9.17) is 11.6 Å². The third-order valence-corrected chi connectivity index (χ3v) is 3.75. The van der Waals surface area contributed by atoms with Gasteiger partial charge in [-0.15, -0.1) is 12.4 Å². The van der Waals surface area contributed by atoms with Crippen molar-refractivity contribution in [3.05, 3.63) is 28.8 Å². The van der Waals surface area contributed by atoms with Crippen molar-refractivity contribution in [2.45, 2.75) is 32.8 Å². The molecule has 1 aliphatic rings. The molecule has 18 heavy (non-hydrogen) atoms. The SMILES string of the molecule is CC1CCCN(c2ccc(C(C)O)cc2Cl)C1.Cl. The number of rotatable bonds is 2. The van der Waals surface area contributed by atoms with Crippen LogP contribution in [0, 0.1) is 5.92 Å². The van der Waals surface area contributed by atoms with Crippen molar-refractivity contribution in [2.24, 2.45) is 5.92 Å². The Morgan fingerprint density at radius 3 is 2.72 bits per heavy atom.